The number of rotatable bonds is 4. The minimum atomic E-state index is -0.721. The van der Waals surface area contributed by atoms with E-state index in [1.54, 1.807) is 36.5 Å². The molecule has 1 unspecified atom stereocenters. The van der Waals surface area contributed by atoms with Gasteiger partial charge in [0.15, 0.2) is 0 Å². The van der Waals surface area contributed by atoms with Crippen LogP contribution in [0.25, 0.3) is 0 Å². The zero-order valence-electron chi connectivity index (χ0n) is 11.4. The fourth-order valence-electron chi connectivity index (χ4n) is 2.48. The molecule has 3 rings (SSSR count). The second-order valence-electron chi connectivity index (χ2n) is 5.05. The molecule has 0 saturated carbocycles. The van der Waals surface area contributed by atoms with Gasteiger partial charge < -0.3 is 9.84 Å². The Bertz CT molecular complexity index is 672. The van der Waals surface area contributed by atoms with Gasteiger partial charge in [-0.1, -0.05) is 12.1 Å². The minimum Gasteiger partial charge on any atom is -0.508 e. The van der Waals surface area contributed by atoms with E-state index in [1.807, 2.05) is 6.07 Å². The fourth-order valence-corrected chi connectivity index (χ4v) is 2.48. The number of ether oxygens (including phenoxy) is 1. The molecule has 0 fully saturated rings. The monoisotopic (exact) mass is 285 g/mol. The van der Waals surface area contributed by atoms with Crippen LogP contribution in [0.15, 0.2) is 42.6 Å². The van der Waals surface area contributed by atoms with Crippen LogP contribution in [-0.2, 0) is 22.4 Å². The molecule has 0 bridgehead atoms. The first-order valence-electron chi connectivity index (χ1n) is 6.80. The van der Waals surface area contributed by atoms with Crippen molar-refractivity contribution in [2.24, 2.45) is 5.92 Å². The van der Waals surface area contributed by atoms with Crippen molar-refractivity contribution < 1.29 is 19.4 Å². The summed E-state index contributed by atoms with van der Waals surface area (Å²) in [6, 6.07) is 10.3. The summed E-state index contributed by atoms with van der Waals surface area (Å²) >= 11 is 0. The van der Waals surface area contributed by atoms with E-state index in [1.165, 1.54) is 4.57 Å². The van der Waals surface area contributed by atoms with Crippen molar-refractivity contribution in [3.63, 3.8) is 0 Å². The maximum Gasteiger partial charge on any atom is 0.318 e. The summed E-state index contributed by atoms with van der Waals surface area (Å²) in [7, 11) is 0. The molecule has 0 amide bonds. The van der Waals surface area contributed by atoms with Crippen LogP contribution in [-0.4, -0.2) is 28.2 Å². The lowest BCUT2D eigenvalue weighted by Crippen LogP contribution is -2.26. The van der Waals surface area contributed by atoms with E-state index in [0.717, 1.165) is 11.3 Å². The Morgan fingerprint density at radius 2 is 2.05 bits per heavy atom. The van der Waals surface area contributed by atoms with Gasteiger partial charge in [0.2, 0.25) is 5.91 Å². The summed E-state index contributed by atoms with van der Waals surface area (Å²) in [6.45, 7) is 0.224. The predicted octanol–water partition coefficient (Wildman–Crippen LogP) is 1.79. The van der Waals surface area contributed by atoms with Crippen LogP contribution >= 0.6 is 0 Å². The second-order valence-corrected chi connectivity index (χ2v) is 5.05. The van der Waals surface area contributed by atoms with E-state index in [9.17, 15) is 14.7 Å². The standard InChI is InChI=1S/C16H15NO4/c18-13-5-3-11(4-6-13)7-9-21-16(20)14-10-12-2-1-8-17(12)15(14)19/h1-6,8,14,18H,7,9-10H2. The van der Waals surface area contributed by atoms with E-state index in [-0.39, 0.29) is 18.3 Å². The van der Waals surface area contributed by atoms with Crippen molar-refractivity contribution in [3.05, 3.63) is 53.9 Å². The van der Waals surface area contributed by atoms with Crippen molar-refractivity contribution in [3.8, 4) is 5.75 Å². The highest BCUT2D eigenvalue weighted by molar-refractivity contribution is 6.01. The molecule has 0 spiro atoms. The normalized spacial score (nSPS) is 16.8. The molecule has 0 radical (unpaired) electrons. The number of phenols is 1. The molecule has 21 heavy (non-hydrogen) atoms. The summed E-state index contributed by atoms with van der Waals surface area (Å²) in [6.07, 6.45) is 2.63. The first-order chi connectivity index (χ1) is 10.1. The van der Waals surface area contributed by atoms with Gasteiger partial charge >= 0.3 is 5.97 Å². The maximum atomic E-state index is 12.0. The molecule has 1 aromatic carbocycles. The lowest BCUT2D eigenvalue weighted by atomic mass is 10.1. The van der Waals surface area contributed by atoms with Crippen LogP contribution in [0.1, 0.15) is 16.1 Å². The molecule has 0 aliphatic carbocycles. The third-order valence-electron chi connectivity index (χ3n) is 3.64. The highest BCUT2D eigenvalue weighted by Crippen LogP contribution is 2.22. The quantitative estimate of drug-likeness (QED) is 0.687. The van der Waals surface area contributed by atoms with Crippen molar-refractivity contribution in [1.29, 1.82) is 0 Å². The van der Waals surface area contributed by atoms with Gasteiger partial charge in [0.05, 0.1) is 6.61 Å². The predicted molar refractivity (Wildman–Crippen MR) is 75.0 cm³/mol. The molecule has 1 aliphatic rings. The van der Waals surface area contributed by atoms with Gasteiger partial charge in [0.1, 0.15) is 11.7 Å². The summed E-state index contributed by atoms with van der Waals surface area (Å²) in [5, 5.41) is 9.18. The number of hydrogen-bond acceptors (Lipinski definition) is 4. The maximum absolute atomic E-state index is 12.0. The number of nitrogens with zero attached hydrogens (tertiary/aromatic N) is 1. The number of carbonyl (C=O) groups is 2. The minimum absolute atomic E-state index is 0.203. The van der Waals surface area contributed by atoms with Gasteiger partial charge in [0, 0.05) is 24.7 Å². The van der Waals surface area contributed by atoms with Crippen LogP contribution in [0.4, 0.5) is 0 Å². The average molecular weight is 285 g/mol. The zero-order valence-corrected chi connectivity index (χ0v) is 11.4. The van der Waals surface area contributed by atoms with E-state index < -0.39 is 11.9 Å². The second kappa shape index (κ2) is 5.44. The zero-order chi connectivity index (χ0) is 14.8. The van der Waals surface area contributed by atoms with Gasteiger partial charge in [-0.25, -0.2) is 0 Å². The Kier molecular flexibility index (Phi) is 3.48. The molecule has 2 aromatic rings. The van der Waals surface area contributed by atoms with Gasteiger partial charge in [-0.3, -0.25) is 14.2 Å². The summed E-state index contributed by atoms with van der Waals surface area (Å²) in [5.74, 6) is -1.21. The number of fused-ring (bicyclic) bond motifs is 1. The summed E-state index contributed by atoms with van der Waals surface area (Å²) < 4.78 is 6.70. The SMILES string of the molecule is O=C(OCCc1ccc(O)cc1)C1Cc2cccn2C1=O. The van der Waals surface area contributed by atoms with Crippen LogP contribution in [0.5, 0.6) is 5.75 Å². The lowest BCUT2D eigenvalue weighted by molar-refractivity contribution is -0.146. The number of aromatic nitrogens is 1. The molecule has 1 N–H and O–H groups in total. The van der Waals surface area contributed by atoms with Crippen molar-refractivity contribution in [2.75, 3.05) is 6.61 Å². The van der Waals surface area contributed by atoms with Gasteiger partial charge in [-0.2, -0.15) is 0 Å². The largest absolute Gasteiger partial charge is 0.508 e. The average Bonchev–Trinajstić information content (AvgIpc) is 3.04. The molecular weight excluding hydrogens is 270 g/mol. The Morgan fingerprint density at radius 1 is 1.29 bits per heavy atom. The molecule has 108 valence electrons. The number of hydrogen-bond donors (Lipinski definition) is 1. The lowest BCUT2D eigenvalue weighted by Gasteiger charge is -2.09. The highest BCUT2D eigenvalue weighted by Gasteiger charge is 2.36. The topological polar surface area (TPSA) is 68.5 Å². The van der Waals surface area contributed by atoms with E-state index in [4.69, 9.17) is 4.74 Å². The highest BCUT2D eigenvalue weighted by atomic mass is 16.5. The smallest absolute Gasteiger partial charge is 0.318 e. The Labute approximate surface area is 121 Å². The first kappa shape index (κ1) is 13.4. The van der Waals surface area contributed by atoms with Crippen LogP contribution in [0.3, 0.4) is 0 Å². The number of benzene rings is 1. The van der Waals surface area contributed by atoms with Crippen LogP contribution < -0.4 is 0 Å². The van der Waals surface area contributed by atoms with Crippen molar-refractivity contribution in [2.45, 2.75) is 12.8 Å². The third-order valence-corrected chi connectivity index (χ3v) is 3.64. The third kappa shape index (κ3) is 2.67. The first-order valence-corrected chi connectivity index (χ1v) is 6.80. The molecule has 1 atom stereocenters. The Morgan fingerprint density at radius 3 is 2.76 bits per heavy atom. The molecule has 5 heteroatoms. The summed E-state index contributed by atoms with van der Waals surface area (Å²) in [4.78, 5) is 24.0. The Balaban J connectivity index is 1.52. The van der Waals surface area contributed by atoms with Crippen molar-refractivity contribution >= 4 is 11.9 Å². The number of aromatic hydroxyl groups is 1. The molecule has 5 nitrogen and oxygen atoms in total. The van der Waals surface area contributed by atoms with Gasteiger partial charge in [0.25, 0.3) is 0 Å². The fraction of sp³-hybridized carbons (Fsp3) is 0.250. The van der Waals surface area contributed by atoms with Crippen LogP contribution in [0, 0.1) is 5.92 Å². The molecular formula is C16H15NO4. The molecule has 0 saturated heterocycles. The number of phenolic OH excluding ortho intramolecular Hbond substituents is 1. The molecule has 1 aromatic heterocycles. The molecule has 1 aliphatic heterocycles. The molecule has 2 heterocycles. The van der Waals surface area contributed by atoms with Gasteiger partial charge in [-0.15, -0.1) is 0 Å². The number of carbonyl (C=O) groups excluding carboxylic acids is 2. The Hall–Kier alpha value is -2.56. The van der Waals surface area contributed by atoms with Crippen LogP contribution in [0.2, 0.25) is 0 Å². The van der Waals surface area contributed by atoms with E-state index in [0.29, 0.717) is 12.8 Å². The van der Waals surface area contributed by atoms with Gasteiger partial charge in [-0.05, 0) is 29.8 Å². The van der Waals surface area contributed by atoms with E-state index >= 15 is 0 Å². The van der Waals surface area contributed by atoms with Crippen molar-refractivity contribution in [1.82, 2.24) is 4.57 Å². The number of esters is 1. The summed E-state index contributed by atoms with van der Waals surface area (Å²) in [5.41, 5.74) is 1.81. The van der Waals surface area contributed by atoms with E-state index in [2.05, 4.69) is 0 Å².